The van der Waals surface area contributed by atoms with Gasteiger partial charge in [0.1, 0.15) is 0 Å². The lowest BCUT2D eigenvalue weighted by Gasteiger charge is -2.23. The van der Waals surface area contributed by atoms with Crippen LogP contribution in [0.3, 0.4) is 0 Å². The molecular formula is C15H22N4O. The molecule has 0 saturated heterocycles. The molecule has 0 aliphatic carbocycles. The van der Waals surface area contributed by atoms with E-state index in [2.05, 4.69) is 54.5 Å². The van der Waals surface area contributed by atoms with Crippen LogP contribution < -0.4 is 10.1 Å². The average Bonchev–Trinajstić information content (AvgIpc) is 2.76. The highest BCUT2D eigenvalue weighted by molar-refractivity contribution is 5.54. The number of hydrogen-bond acceptors (Lipinski definition) is 4. The SMILES string of the molecule is COc1nnc(CNc2ccccc2C(C)(C)C)n1C. The fourth-order valence-corrected chi connectivity index (χ4v) is 2.14. The Morgan fingerprint density at radius 2 is 1.90 bits per heavy atom. The molecule has 0 saturated carbocycles. The minimum Gasteiger partial charge on any atom is -0.467 e. The number of benzene rings is 1. The van der Waals surface area contributed by atoms with Gasteiger partial charge < -0.3 is 10.1 Å². The molecule has 0 unspecified atom stereocenters. The summed E-state index contributed by atoms with van der Waals surface area (Å²) in [5, 5.41) is 11.5. The Labute approximate surface area is 120 Å². The van der Waals surface area contributed by atoms with Crippen LogP contribution in [0, 0.1) is 0 Å². The summed E-state index contributed by atoms with van der Waals surface area (Å²) in [5.74, 6) is 0.838. The zero-order chi connectivity index (χ0) is 14.8. The molecule has 0 aliphatic rings. The fraction of sp³-hybridized carbons (Fsp3) is 0.467. The first kappa shape index (κ1) is 14.4. The Hall–Kier alpha value is -2.04. The van der Waals surface area contributed by atoms with Crippen LogP contribution in [-0.2, 0) is 19.0 Å². The molecule has 5 heteroatoms. The minimum absolute atomic E-state index is 0.0984. The van der Waals surface area contributed by atoms with Crippen LogP contribution in [0.15, 0.2) is 24.3 Å². The molecule has 1 aromatic heterocycles. The first-order valence-electron chi connectivity index (χ1n) is 6.69. The van der Waals surface area contributed by atoms with E-state index in [1.54, 1.807) is 7.11 Å². The summed E-state index contributed by atoms with van der Waals surface area (Å²) in [6.07, 6.45) is 0. The van der Waals surface area contributed by atoms with Crippen molar-refractivity contribution in [1.29, 1.82) is 0 Å². The van der Waals surface area contributed by atoms with Gasteiger partial charge in [-0.05, 0) is 17.0 Å². The summed E-state index contributed by atoms with van der Waals surface area (Å²) < 4.78 is 6.96. The normalized spacial score (nSPS) is 11.4. The van der Waals surface area contributed by atoms with E-state index in [4.69, 9.17) is 4.74 Å². The number of nitrogens with zero attached hydrogens (tertiary/aromatic N) is 3. The van der Waals surface area contributed by atoms with Gasteiger partial charge in [-0.2, -0.15) is 0 Å². The maximum Gasteiger partial charge on any atom is 0.316 e. The van der Waals surface area contributed by atoms with Crippen LogP contribution in [0.2, 0.25) is 0 Å². The Morgan fingerprint density at radius 1 is 1.20 bits per heavy atom. The highest BCUT2D eigenvalue weighted by Gasteiger charge is 2.17. The van der Waals surface area contributed by atoms with Gasteiger partial charge in [-0.25, -0.2) is 0 Å². The van der Waals surface area contributed by atoms with Gasteiger partial charge in [0.05, 0.1) is 13.7 Å². The molecule has 2 aromatic rings. The van der Waals surface area contributed by atoms with Crippen molar-refractivity contribution in [1.82, 2.24) is 14.8 Å². The van der Waals surface area contributed by atoms with E-state index in [0.29, 0.717) is 12.6 Å². The van der Waals surface area contributed by atoms with E-state index >= 15 is 0 Å². The third-order valence-electron chi connectivity index (χ3n) is 3.28. The van der Waals surface area contributed by atoms with Crippen molar-refractivity contribution >= 4 is 5.69 Å². The highest BCUT2D eigenvalue weighted by atomic mass is 16.5. The van der Waals surface area contributed by atoms with Crippen molar-refractivity contribution in [3.63, 3.8) is 0 Å². The Bertz CT molecular complexity index is 584. The molecular weight excluding hydrogens is 252 g/mol. The van der Waals surface area contributed by atoms with Gasteiger partial charge in [0, 0.05) is 12.7 Å². The van der Waals surface area contributed by atoms with E-state index < -0.39 is 0 Å². The molecule has 0 spiro atoms. The number of anilines is 1. The molecule has 108 valence electrons. The summed E-state index contributed by atoms with van der Waals surface area (Å²) in [6, 6.07) is 8.87. The molecule has 1 N–H and O–H groups in total. The van der Waals surface area contributed by atoms with Gasteiger partial charge in [-0.1, -0.05) is 44.1 Å². The largest absolute Gasteiger partial charge is 0.467 e. The summed E-state index contributed by atoms with van der Waals surface area (Å²) in [6.45, 7) is 7.23. The zero-order valence-corrected chi connectivity index (χ0v) is 12.8. The van der Waals surface area contributed by atoms with Crippen LogP contribution in [0.1, 0.15) is 32.2 Å². The molecule has 0 amide bonds. The number of ether oxygens (including phenoxy) is 1. The predicted molar refractivity (Wildman–Crippen MR) is 80.0 cm³/mol. The van der Waals surface area contributed by atoms with Gasteiger partial charge in [-0.3, -0.25) is 4.57 Å². The summed E-state index contributed by atoms with van der Waals surface area (Å²) in [4.78, 5) is 0. The van der Waals surface area contributed by atoms with Gasteiger partial charge in [-0.15, -0.1) is 5.10 Å². The molecule has 5 nitrogen and oxygen atoms in total. The van der Waals surface area contributed by atoms with Crippen LogP contribution in [0.5, 0.6) is 6.01 Å². The van der Waals surface area contributed by atoms with Gasteiger partial charge in [0.15, 0.2) is 5.82 Å². The monoisotopic (exact) mass is 274 g/mol. The minimum atomic E-state index is 0.0984. The molecule has 1 aromatic carbocycles. The third-order valence-corrected chi connectivity index (χ3v) is 3.28. The van der Waals surface area contributed by atoms with Crippen molar-refractivity contribution in [2.24, 2.45) is 7.05 Å². The lowest BCUT2D eigenvalue weighted by atomic mass is 9.86. The van der Waals surface area contributed by atoms with Gasteiger partial charge in [0.2, 0.25) is 0 Å². The second-order valence-electron chi connectivity index (χ2n) is 5.81. The predicted octanol–water partition coefficient (Wildman–Crippen LogP) is 2.73. The second kappa shape index (κ2) is 5.53. The van der Waals surface area contributed by atoms with E-state index in [0.717, 1.165) is 11.5 Å². The fourth-order valence-electron chi connectivity index (χ4n) is 2.14. The van der Waals surface area contributed by atoms with Gasteiger partial charge >= 0.3 is 6.01 Å². The number of methoxy groups -OCH3 is 1. The lowest BCUT2D eigenvalue weighted by Crippen LogP contribution is -2.15. The van der Waals surface area contributed by atoms with E-state index in [1.165, 1.54) is 5.56 Å². The van der Waals surface area contributed by atoms with E-state index in [1.807, 2.05) is 17.7 Å². The number of rotatable bonds is 4. The molecule has 1 heterocycles. The highest BCUT2D eigenvalue weighted by Crippen LogP contribution is 2.29. The maximum atomic E-state index is 5.12. The lowest BCUT2D eigenvalue weighted by molar-refractivity contribution is 0.363. The Balaban J connectivity index is 2.17. The number of nitrogens with one attached hydrogen (secondary N) is 1. The molecule has 0 fully saturated rings. The number of hydrogen-bond donors (Lipinski definition) is 1. The first-order valence-corrected chi connectivity index (χ1v) is 6.69. The smallest absolute Gasteiger partial charge is 0.316 e. The molecule has 0 bridgehead atoms. The third kappa shape index (κ3) is 2.92. The molecule has 0 radical (unpaired) electrons. The van der Waals surface area contributed by atoms with Crippen LogP contribution in [-0.4, -0.2) is 21.9 Å². The maximum absolute atomic E-state index is 5.12. The van der Waals surface area contributed by atoms with Crippen molar-refractivity contribution in [2.45, 2.75) is 32.7 Å². The summed E-state index contributed by atoms with van der Waals surface area (Å²) >= 11 is 0. The van der Waals surface area contributed by atoms with Crippen LogP contribution in [0.25, 0.3) is 0 Å². The Kier molecular flexibility index (Phi) is 3.97. The number of aromatic nitrogens is 3. The van der Waals surface area contributed by atoms with E-state index in [-0.39, 0.29) is 5.41 Å². The number of para-hydroxylation sites is 1. The molecule has 20 heavy (non-hydrogen) atoms. The summed E-state index contributed by atoms with van der Waals surface area (Å²) in [7, 11) is 3.49. The molecule has 0 atom stereocenters. The quantitative estimate of drug-likeness (QED) is 0.931. The first-order chi connectivity index (χ1) is 9.43. The van der Waals surface area contributed by atoms with Gasteiger partial charge in [0.25, 0.3) is 0 Å². The van der Waals surface area contributed by atoms with E-state index in [9.17, 15) is 0 Å². The standard InChI is InChI=1S/C15H22N4O/c1-15(2,3)11-8-6-7-9-12(11)16-10-13-17-18-14(20-5)19(13)4/h6-9,16H,10H2,1-5H3. The van der Waals surface area contributed by atoms with Crippen molar-refractivity contribution < 1.29 is 4.74 Å². The topological polar surface area (TPSA) is 52.0 Å². The van der Waals surface area contributed by atoms with Crippen LogP contribution >= 0.6 is 0 Å². The zero-order valence-electron chi connectivity index (χ0n) is 12.8. The van der Waals surface area contributed by atoms with Crippen LogP contribution in [0.4, 0.5) is 5.69 Å². The molecule has 0 aliphatic heterocycles. The van der Waals surface area contributed by atoms with Crippen molar-refractivity contribution in [3.05, 3.63) is 35.7 Å². The van der Waals surface area contributed by atoms with Crippen molar-refractivity contribution in [3.8, 4) is 6.01 Å². The van der Waals surface area contributed by atoms with Crippen molar-refractivity contribution in [2.75, 3.05) is 12.4 Å². The average molecular weight is 274 g/mol. The molecule has 2 rings (SSSR count). The summed E-state index contributed by atoms with van der Waals surface area (Å²) in [5.41, 5.74) is 2.51. The second-order valence-corrected chi connectivity index (χ2v) is 5.81. The Morgan fingerprint density at radius 3 is 2.50 bits per heavy atom.